The van der Waals surface area contributed by atoms with Crippen molar-refractivity contribution >= 4 is 28.7 Å². The molecule has 3 aromatic rings. The molecule has 1 fully saturated rings. The molecule has 5 rings (SSSR count). The molecule has 0 atom stereocenters. The molecule has 204 valence electrons. The number of aryl methyl sites for hydroxylation is 1. The van der Waals surface area contributed by atoms with Gasteiger partial charge in [0.25, 0.3) is 6.43 Å². The second kappa shape index (κ2) is 12.0. The lowest BCUT2D eigenvalue weighted by atomic mass is 9.85. The fourth-order valence-corrected chi connectivity index (χ4v) is 6.10. The van der Waals surface area contributed by atoms with E-state index in [0.29, 0.717) is 37.2 Å². The number of rotatable bonds is 9. The Kier molecular flexibility index (Phi) is 8.43. The number of hydrogen-bond acceptors (Lipinski definition) is 2. The van der Waals surface area contributed by atoms with Gasteiger partial charge >= 0.3 is 5.97 Å². The summed E-state index contributed by atoms with van der Waals surface area (Å²) in [5.74, 6) is -0.449. The molecule has 1 heterocycles. The average molecular weight is 554 g/mol. The van der Waals surface area contributed by atoms with E-state index in [1.807, 2.05) is 18.2 Å². The van der Waals surface area contributed by atoms with Gasteiger partial charge in [0.1, 0.15) is 0 Å². The third-order valence-electron chi connectivity index (χ3n) is 7.78. The summed E-state index contributed by atoms with van der Waals surface area (Å²) in [6.45, 7) is 2.47. The van der Waals surface area contributed by atoms with Crippen LogP contribution in [0.3, 0.4) is 0 Å². The molecule has 1 N–H and O–H groups in total. The molecule has 1 aliphatic heterocycles. The van der Waals surface area contributed by atoms with Crippen LogP contribution in [0.4, 0.5) is 13.2 Å². The number of carboxylic acid groups (broad SMARTS) is 1. The van der Waals surface area contributed by atoms with E-state index in [-0.39, 0.29) is 22.8 Å². The number of fused-ring (bicyclic) bond motifs is 1. The third-order valence-corrected chi connectivity index (χ3v) is 8.01. The Bertz CT molecular complexity index is 1380. The molecule has 0 unspecified atom stereocenters. The van der Waals surface area contributed by atoms with Crippen LogP contribution in [0.25, 0.3) is 11.1 Å². The Hall–Kier alpha value is -3.09. The van der Waals surface area contributed by atoms with Gasteiger partial charge in [0.05, 0.1) is 12.2 Å². The normalized spacial score (nSPS) is 16.2. The zero-order chi connectivity index (χ0) is 27.5. The summed E-state index contributed by atoms with van der Waals surface area (Å²) in [6, 6.07) is 18.0. The summed E-state index contributed by atoms with van der Waals surface area (Å²) in [5.41, 5.74) is 6.16. The average Bonchev–Trinajstić information content (AvgIpc) is 3.09. The molecule has 7 heteroatoms. The van der Waals surface area contributed by atoms with Crippen LogP contribution in [0.2, 0.25) is 5.02 Å². The highest BCUT2D eigenvalue weighted by Gasteiger charge is 2.27. The van der Waals surface area contributed by atoms with E-state index < -0.39 is 12.4 Å². The molecule has 2 aliphatic rings. The molecule has 3 nitrogen and oxygen atoms in total. The number of halogens is 4. The second-order valence-corrected chi connectivity index (χ2v) is 10.9. The van der Waals surface area contributed by atoms with Crippen LogP contribution >= 0.6 is 11.6 Å². The molecule has 1 saturated heterocycles. The van der Waals surface area contributed by atoms with Crippen molar-refractivity contribution in [1.29, 1.82) is 0 Å². The summed E-state index contributed by atoms with van der Waals surface area (Å²) in [6.07, 6.45) is 0.767. The summed E-state index contributed by atoms with van der Waals surface area (Å²) in [4.78, 5) is 13.9. The van der Waals surface area contributed by atoms with E-state index in [9.17, 15) is 23.1 Å². The van der Waals surface area contributed by atoms with Gasteiger partial charge in [-0.15, -0.1) is 0 Å². The Balaban J connectivity index is 1.55. The van der Waals surface area contributed by atoms with Crippen molar-refractivity contribution < 1.29 is 23.1 Å². The smallest absolute Gasteiger partial charge is 0.335 e. The zero-order valence-corrected chi connectivity index (χ0v) is 22.4. The van der Waals surface area contributed by atoms with E-state index in [2.05, 4.69) is 17.0 Å². The van der Waals surface area contributed by atoms with Crippen molar-refractivity contribution in [3.8, 4) is 0 Å². The summed E-state index contributed by atoms with van der Waals surface area (Å²) in [5, 5.41) is 9.82. The number of nitrogens with zero attached hydrogens (tertiary/aromatic N) is 1. The van der Waals surface area contributed by atoms with E-state index >= 15 is 0 Å². The van der Waals surface area contributed by atoms with Crippen molar-refractivity contribution in [1.82, 2.24) is 4.90 Å². The van der Waals surface area contributed by atoms with Gasteiger partial charge in [-0.25, -0.2) is 13.6 Å². The van der Waals surface area contributed by atoms with Crippen LogP contribution in [0.5, 0.6) is 0 Å². The second-order valence-electron chi connectivity index (χ2n) is 10.5. The molecule has 0 amide bonds. The fourth-order valence-electron chi connectivity index (χ4n) is 5.92. The predicted molar refractivity (Wildman–Crippen MR) is 149 cm³/mol. The van der Waals surface area contributed by atoms with Crippen molar-refractivity contribution in [3.63, 3.8) is 0 Å². The summed E-state index contributed by atoms with van der Waals surface area (Å²) in [7, 11) is 0. The van der Waals surface area contributed by atoms with E-state index in [1.165, 1.54) is 11.6 Å². The molecule has 0 saturated carbocycles. The maximum Gasteiger partial charge on any atom is 0.335 e. The Morgan fingerprint density at radius 1 is 1.00 bits per heavy atom. The van der Waals surface area contributed by atoms with E-state index in [0.717, 1.165) is 53.9 Å². The van der Waals surface area contributed by atoms with Gasteiger partial charge < -0.3 is 10.0 Å². The topological polar surface area (TPSA) is 40.5 Å². The molecule has 3 aromatic carbocycles. The molecular weight excluding hydrogens is 523 g/mol. The first-order valence-electron chi connectivity index (χ1n) is 13.4. The van der Waals surface area contributed by atoms with E-state index in [4.69, 9.17) is 11.6 Å². The van der Waals surface area contributed by atoms with Crippen molar-refractivity contribution in [2.24, 2.45) is 5.92 Å². The Labute approximate surface area is 231 Å². The van der Waals surface area contributed by atoms with Gasteiger partial charge in [-0.2, -0.15) is 0 Å². The maximum atomic E-state index is 14.2. The lowest BCUT2D eigenvalue weighted by Crippen LogP contribution is -2.47. The van der Waals surface area contributed by atoms with Crippen molar-refractivity contribution in [3.05, 3.63) is 105 Å². The van der Waals surface area contributed by atoms with E-state index in [1.54, 1.807) is 24.3 Å². The number of aromatic carboxylic acids is 1. The Morgan fingerprint density at radius 3 is 2.44 bits per heavy atom. The quantitative estimate of drug-likeness (QED) is 0.291. The SMILES string of the molecule is O=C(O)c1ccc2c(c1)CCCC(c1ccc(Cl)cc1C(F)F)=C2c1ccc(CC2CN(CCCF)C2)cc1. The van der Waals surface area contributed by atoms with Crippen molar-refractivity contribution in [2.75, 3.05) is 26.3 Å². The molecular formula is C32H31ClF3NO2. The molecule has 39 heavy (non-hydrogen) atoms. The maximum absolute atomic E-state index is 14.2. The molecule has 0 bridgehead atoms. The monoisotopic (exact) mass is 553 g/mol. The van der Waals surface area contributed by atoms with Gasteiger partial charge in [0.15, 0.2) is 0 Å². The Morgan fingerprint density at radius 2 is 1.74 bits per heavy atom. The largest absolute Gasteiger partial charge is 0.478 e. The van der Waals surface area contributed by atoms with Crippen LogP contribution in [0.15, 0.2) is 60.7 Å². The lowest BCUT2D eigenvalue weighted by molar-refractivity contribution is 0.0696. The minimum absolute atomic E-state index is 0.0977. The highest BCUT2D eigenvalue weighted by Crippen LogP contribution is 2.43. The summed E-state index contributed by atoms with van der Waals surface area (Å²) >= 11 is 6.10. The molecule has 0 spiro atoms. The van der Waals surface area contributed by atoms with Crippen LogP contribution in [-0.2, 0) is 12.8 Å². The van der Waals surface area contributed by atoms with Gasteiger partial charge in [-0.3, -0.25) is 4.39 Å². The molecule has 1 aliphatic carbocycles. The lowest BCUT2D eigenvalue weighted by Gasteiger charge is -2.39. The minimum Gasteiger partial charge on any atom is -0.478 e. The highest BCUT2D eigenvalue weighted by molar-refractivity contribution is 6.30. The van der Waals surface area contributed by atoms with Gasteiger partial charge in [0, 0.05) is 30.2 Å². The number of carboxylic acids is 1. The highest BCUT2D eigenvalue weighted by atomic mass is 35.5. The number of likely N-dealkylation sites (tertiary alicyclic amines) is 1. The van der Waals surface area contributed by atoms with Gasteiger partial charge in [-0.1, -0.05) is 48.0 Å². The number of hydrogen-bond donors (Lipinski definition) is 1. The first-order valence-corrected chi connectivity index (χ1v) is 13.8. The summed E-state index contributed by atoms with van der Waals surface area (Å²) < 4.78 is 40.8. The fraction of sp³-hybridized carbons (Fsp3) is 0.344. The minimum atomic E-state index is -2.68. The number of alkyl halides is 3. The first-order chi connectivity index (χ1) is 18.8. The standard InChI is InChI=1S/C32H31ClF3NO2/c33-25-10-12-27(29(17-25)31(35)36)28-4-1-3-23-16-24(32(38)39)9-11-26(23)30(28)22-7-5-20(6-8-22)15-21-18-37(19-21)14-2-13-34/h5-12,16-17,21,31H,1-4,13-15,18-19H2,(H,38,39). The third kappa shape index (κ3) is 6.07. The zero-order valence-electron chi connectivity index (χ0n) is 21.6. The molecule has 0 aromatic heterocycles. The van der Waals surface area contributed by atoms with Gasteiger partial charge in [0.2, 0.25) is 0 Å². The van der Waals surface area contributed by atoms with Crippen LogP contribution < -0.4 is 0 Å². The van der Waals surface area contributed by atoms with Crippen LogP contribution in [-0.4, -0.2) is 42.3 Å². The van der Waals surface area contributed by atoms with Crippen LogP contribution in [0.1, 0.15) is 69.4 Å². The van der Waals surface area contributed by atoms with Gasteiger partial charge in [-0.05, 0) is 101 Å². The first kappa shape index (κ1) is 27.5. The van der Waals surface area contributed by atoms with Crippen molar-refractivity contribution in [2.45, 2.75) is 38.5 Å². The number of allylic oxidation sites excluding steroid dienone is 1. The molecule has 0 radical (unpaired) electrons. The number of carbonyl (C=O) groups is 1. The van der Waals surface area contributed by atoms with Crippen LogP contribution in [0, 0.1) is 5.92 Å². The predicted octanol–water partition coefficient (Wildman–Crippen LogP) is 8.11. The number of benzene rings is 3.